The smallest absolute Gasteiger partial charge is 0.247 e. The van der Waals surface area contributed by atoms with E-state index in [-0.39, 0.29) is 24.0 Å². The van der Waals surface area contributed by atoms with Crippen molar-refractivity contribution in [1.29, 1.82) is 0 Å². The molecule has 0 spiro atoms. The lowest BCUT2D eigenvalue weighted by Crippen LogP contribution is -2.53. The standard InChI is InChI=1S/C20H42N4O2/c1-12-15(5)18(16(13-2)26-11)24(10)19(25)17(14(3)4)21-20(22(6)7)23(8)9/h14-18H,12-13H2,1-11H3/t15?,16?,17-,18?/m0/s1. The van der Waals surface area contributed by atoms with Gasteiger partial charge in [-0.25, -0.2) is 4.99 Å². The van der Waals surface area contributed by atoms with Crippen molar-refractivity contribution in [3.63, 3.8) is 0 Å². The molecule has 0 rings (SSSR count). The number of guanidine groups is 1. The maximum absolute atomic E-state index is 13.4. The number of methoxy groups -OCH3 is 1. The van der Waals surface area contributed by atoms with Gasteiger partial charge in [-0.05, 0) is 18.3 Å². The van der Waals surface area contributed by atoms with Gasteiger partial charge in [0.25, 0.3) is 0 Å². The van der Waals surface area contributed by atoms with E-state index >= 15 is 0 Å². The molecule has 154 valence electrons. The molecule has 0 aliphatic rings. The molecular formula is C20H42N4O2. The average Bonchev–Trinajstić information content (AvgIpc) is 2.57. The van der Waals surface area contributed by atoms with E-state index < -0.39 is 6.04 Å². The molecule has 0 fully saturated rings. The zero-order valence-electron chi connectivity index (χ0n) is 18.9. The van der Waals surface area contributed by atoms with Crippen molar-refractivity contribution in [3.05, 3.63) is 0 Å². The first kappa shape index (κ1) is 24.7. The number of nitrogens with zero attached hydrogens (tertiary/aromatic N) is 4. The lowest BCUT2D eigenvalue weighted by atomic mass is 9.90. The summed E-state index contributed by atoms with van der Waals surface area (Å²) in [4.78, 5) is 24.0. The maximum atomic E-state index is 13.4. The third kappa shape index (κ3) is 6.45. The second kappa shape index (κ2) is 11.4. The number of hydrogen-bond donors (Lipinski definition) is 0. The zero-order valence-corrected chi connectivity index (χ0v) is 18.9. The van der Waals surface area contributed by atoms with E-state index in [2.05, 4.69) is 34.6 Å². The summed E-state index contributed by atoms with van der Waals surface area (Å²) in [6.45, 7) is 10.6. The number of amides is 1. The molecule has 4 atom stereocenters. The number of likely N-dealkylation sites (N-methyl/N-ethyl adjacent to an activating group) is 1. The first-order valence-electron chi connectivity index (χ1n) is 9.75. The Morgan fingerprint density at radius 1 is 0.962 bits per heavy atom. The zero-order chi connectivity index (χ0) is 20.6. The van der Waals surface area contributed by atoms with Gasteiger partial charge in [0.05, 0.1) is 12.1 Å². The number of hydrogen-bond acceptors (Lipinski definition) is 3. The van der Waals surface area contributed by atoms with E-state index in [0.717, 1.165) is 18.8 Å². The minimum atomic E-state index is -0.416. The van der Waals surface area contributed by atoms with Crippen molar-refractivity contribution < 1.29 is 9.53 Å². The van der Waals surface area contributed by atoms with Crippen LogP contribution in [0.5, 0.6) is 0 Å². The molecule has 0 heterocycles. The van der Waals surface area contributed by atoms with Crippen LogP contribution in [0.1, 0.15) is 47.5 Å². The van der Waals surface area contributed by atoms with Crippen LogP contribution in [0.15, 0.2) is 4.99 Å². The monoisotopic (exact) mass is 370 g/mol. The number of ether oxygens (including phenoxy) is 1. The maximum Gasteiger partial charge on any atom is 0.247 e. The van der Waals surface area contributed by atoms with Crippen LogP contribution in [-0.2, 0) is 9.53 Å². The van der Waals surface area contributed by atoms with E-state index in [1.54, 1.807) is 7.11 Å². The molecule has 26 heavy (non-hydrogen) atoms. The van der Waals surface area contributed by atoms with Crippen LogP contribution in [-0.4, -0.2) is 87.1 Å². The molecule has 1 amide bonds. The van der Waals surface area contributed by atoms with Gasteiger partial charge >= 0.3 is 0 Å². The molecule has 0 aliphatic heterocycles. The summed E-state index contributed by atoms with van der Waals surface area (Å²) in [6, 6.07) is -0.373. The number of carbonyl (C=O) groups excluding carboxylic acids is 1. The second-order valence-electron chi connectivity index (χ2n) is 7.91. The minimum absolute atomic E-state index is 0.0258. The van der Waals surface area contributed by atoms with Crippen LogP contribution in [0.2, 0.25) is 0 Å². The van der Waals surface area contributed by atoms with Gasteiger partial charge in [-0.3, -0.25) is 4.79 Å². The topological polar surface area (TPSA) is 48.4 Å². The van der Waals surface area contributed by atoms with Crippen LogP contribution in [0.25, 0.3) is 0 Å². The van der Waals surface area contributed by atoms with E-state index in [0.29, 0.717) is 5.92 Å². The number of carbonyl (C=O) groups is 1. The summed E-state index contributed by atoms with van der Waals surface area (Å²) in [7, 11) is 11.4. The van der Waals surface area contributed by atoms with Gasteiger partial charge in [0.15, 0.2) is 5.96 Å². The summed E-state index contributed by atoms with van der Waals surface area (Å²) < 4.78 is 5.71. The van der Waals surface area contributed by atoms with E-state index in [1.807, 2.05) is 49.9 Å². The molecule has 0 aliphatic carbocycles. The summed E-state index contributed by atoms with van der Waals surface area (Å²) in [5.41, 5.74) is 0. The molecule has 0 aromatic carbocycles. The van der Waals surface area contributed by atoms with Gasteiger partial charge in [-0.2, -0.15) is 0 Å². The Labute approximate surface area is 161 Å². The fraction of sp³-hybridized carbons (Fsp3) is 0.900. The van der Waals surface area contributed by atoms with Crippen molar-refractivity contribution in [2.75, 3.05) is 42.3 Å². The van der Waals surface area contributed by atoms with Crippen LogP contribution in [0, 0.1) is 11.8 Å². The Kier molecular flexibility index (Phi) is 10.8. The van der Waals surface area contributed by atoms with Gasteiger partial charge < -0.3 is 19.4 Å². The summed E-state index contributed by atoms with van der Waals surface area (Å²) in [6.07, 6.45) is 1.90. The summed E-state index contributed by atoms with van der Waals surface area (Å²) in [5, 5.41) is 0. The quantitative estimate of drug-likeness (QED) is 0.462. The molecular weight excluding hydrogens is 328 g/mol. The highest BCUT2D eigenvalue weighted by Gasteiger charge is 2.35. The minimum Gasteiger partial charge on any atom is -0.379 e. The van der Waals surface area contributed by atoms with Crippen molar-refractivity contribution in [2.45, 2.75) is 65.6 Å². The number of aliphatic imine (C=N–C) groups is 1. The van der Waals surface area contributed by atoms with E-state index in [4.69, 9.17) is 9.73 Å². The van der Waals surface area contributed by atoms with Gasteiger partial charge in [0.1, 0.15) is 6.04 Å². The van der Waals surface area contributed by atoms with Crippen molar-refractivity contribution in [3.8, 4) is 0 Å². The Balaban J connectivity index is 5.84. The second-order valence-corrected chi connectivity index (χ2v) is 7.91. The molecule has 0 N–H and O–H groups in total. The Morgan fingerprint density at radius 3 is 1.77 bits per heavy atom. The highest BCUT2D eigenvalue weighted by Crippen LogP contribution is 2.23. The van der Waals surface area contributed by atoms with Gasteiger partial charge in [-0.15, -0.1) is 0 Å². The summed E-state index contributed by atoms with van der Waals surface area (Å²) in [5.74, 6) is 1.32. The molecule has 3 unspecified atom stereocenters. The fourth-order valence-corrected chi connectivity index (χ4v) is 3.39. The Morgan fingerprint density at radius 2 is 1.46 bits per heavy atom. The van der Waals surface area contributed by atoms with Crippen molar-refractivity contribution >= 4 is 11.9 Å². The Bertz CT molecular complexity index is 435. The van der Waals surface area contributed by atoms with Gasteiger partial charge in [-0.1, -0.05) is 41.0 Å². The largest absolute Gasteiger partial charge is 0.379 e. The predicted molar refractivity (Wildman–Crippen MR) is 111 cm³/mol. The third-order valence-corrected chi connectivity index (χ3v) is 5.05. The lowest BCUT2D eigenvalue weighted by molar-refractivity contribution is -0.139. The van der Waals surface area contributed by atoms with E-state index in [9.17, 15) is 4.79 Å². The average molecular weight is 371 g/mol. The number of rotatable bonds is 9. The van der Waals surface area contributed by atoms with Gasteiger partial charge in [0.2, 0.25) is 5.91 Å². The molecule has 0 saturated heterocycles. The molecule has 6 heteroatoms. The van der Waals surface area contributed by atoms with Gasteiger partial charge in [0, 0.05) is 42.3 Å². The normalized spacial score (nSPS) is 15.8. The first-order valence-corrected chi connectivity index (χ1v) is 9.75. The van der Waals surface area contributed by atoms with Crippen LogP contribution >= 0.6 is 0 Å². The lowest BCUT2D eigenvalue weighted by Gasteiger charge is -2.39. The first-order chi connectivity index (χ1) is 12.0. The third-order valence-electron chi connectivity index (χ3n) is 5.05. The van der Waals surface area contributed by atoms with Crippen LogP contribution in [0.4, 0.5) is 0 Å². The highest BCUT2D eigenvalue weighted by atomic mass is 16.5. The van der Waals surface area contributed by atoms with Crippen molar-refractivity contribution in [2.24, 2.45) is 16.8 Å². The molecule has 0 aromatic rings. The van der Waals surface area contributed by atoms with Crippen LogP contribution < -0.4 is 0 Å². The molecule has 6 nitrogen and oxygen atoms in total. The molecule has 0 aromatic heterocycles. The predicted octanol–water partition coefficient (Wildman–Crippen LogP) is 2.79. The molecule has 0 bridgehead atoms. The van der Waals surface area contributed by atoms with E-state index in [1.165, 1.54) is 0 Å². The van der Waals surface area contributed by atoms with Crippen LogP contribution in [0.3, 0.4) is 0 Å². The molecule has 0 saturated carbocycles. The van der Waals surface area contributed by atoms with Crippen molar-refractivity contribution in [1.82, 2.24) is 14.7 Å². The fourth-order valence-electron chi connectivity index (χ4n) is 3.39. The summed E-state index contributed by atoms with van der Waals surface area (Å²) >= 11 is 0. The highest BCUT2D eigenvalue weighted by molar-refractivity contribution is 5.87. The molecule has 0 radical (unpaired) electrons. The SMILES string of the molecule is CCC(C)C(C(CC)OC)N(C)C(=O)[C@@H](N=C(N(C)C)N(C)C)C(C)C. The Hall–Kier alpha value is -1.30.